The van der Waals surface area contributed by atoms with Crippen LogP contribution in [0.1, 0.15) is 45.4 Å². The summed E-state index contributed by atoms with van der Waals surface area (Å²) in [5.74, 6) is -0.109. The second-order valence-electron chi connectivity index (χ2n) is 3.17. The lowest BCUT2D eigenvalue weighted by molar-refractivity contribution is -0.143. The largest absolute Gasteiger partial charge is 0.466 e. The highest BCUT2D eigenvalue weighted by molar-refractivity contribution is 5.69. The average Bonchev–Trinajstić information content (AvgIpc) is 2.14. The van der Waals surface area contributed by atoms with Gasteiger partial charge in [0.15, 0.2) is 0 Å². The zero-order valence-corrected chi connectivity index (χ0v) is 8.55. The van der Waals surface area contributed by atoms with Crippen LogP contribution in [0.5, 0.6) is 0 Å². The predicted molar refractivity (Wildman–Crippen MR) is 53.4 cm³/mol. The molecule has 0 bridgehead atoms. The minimum absolute atomic E-state index is 0.109. The monoisotopic (exact) mass is 187 g/mol. The van der Waals surface area contributed by atoms with Crippen LogP contribution < -0.4 is 5.73 Å². The Bertz CT molecular complexity index is 126. The van der Waals surface area contributed by atoms with Gasteiger partial charge in [-0.1, -0.05) is 26.2 Å². The second kappa shape index (κ2) is 9.52. The van der Waals surface area contributed by atoms with Crippen molar-refractivity contribution in [1.29, 1.82) is 0 Å². The third-order valence-corrected chi connectivity index (χ3v) is 1.85. The number of rotatable bonds is 8. The summed E-state index contributed by atoms with van der Waals surface area (Å²) in [6.07, 6.45) is 5.77. The Balaban J connectivity index is 3.08. The van der Waals surface area contributed by atoms with Crippen LogP contribution in [0.2, 0.25) is 0 Å². The van der Waals surface area contributed by atoms with Gasteiger partial charge in [0, 0.05) is 6.42 Å². The van der Waals surface area contributed by atoms with Crippen molar-refractivity contribution >= 4 is 5.97 Å². The van der Waals surface area contributed by atoms with Gasteiger partial charge in [-0.2, -0.15) is 0 Å². The summed E-state index contributed by atoms with van der Waals surface area (Å²) in [6, 6.07) is 0. The molecule has 13 heavy (non-hydrogen) atoms. The number of unbranched alkanes of at least 4 members (excludes halogenated alkanes) is 3. The van der Waals surface area contributed by atoms with E-state index in [9.17, 15) is 4.79 Å². The first-order chi connectivity index (χ1) is 6.31. The summed E-state index contributed by atoms with van der Waals surface area (Å²) in [5.41, 5.74) is 5.26. The molecule has 0 amide bonds. The van der Waals surface area contributed by atoms with Crippen LogP contribution >= 0.6 is 0 Å². The van der Waals surface area contributed by atoms with Crippen LogP contribution in [0.3, 0.4) is 0 Å². The predicted octanol–water partition coefficient (Wildman–Crippen LogP) is 1.85. The third kappa shape index (κ3) is 9.34. The zero-order chi connectivity index (χ0) is 9.94. The molecule has 0 saturated heterocycles. The van der Waals surface area contributed by atoms with Crippen LogP contribution in [0.15, 0.2) is 0 Å². The van der Waals surface area contributed by atoms with Gasteiger partial charge < -0.3 is 10.5 Å². The molecule has 2 N–H and O–H groups in total. The average molecular weight is 187 g/mol. The molecule has 0 aliphatic rings. The highest BCUT2D eigenvalue weighted by Gasteiger charge is 2.00. The quantitative estimate of drug-likeness (QED) is 0.466. The van der Waals surface area contributed by atoms with Gasteiger partial charge in [0.25, 0.3) is 0 Å². The Morgan fingerprint density at radius 1 is 1.23 bits per heavy atom. The summed E-state index contributed by atoms with van der Waals surface area (Å²) in [5, 5.41) is 0. The van der Waals surface area contributed by atoms with E-state index < -0.39 is 0 Å². The van der Waals surface area contributed by atoms with E-state index in [1.165, 1.54) is 12.8 Å². The van der Waals surface area contributed by atoms with Crippen LogP contribution in [0.4, 0.5) is 0 Å². The van der Waals surface area contributed by atoms with Gasteiger partial charge >= 0.3 is 5.97 Å². The van der Waals surface area contributed by atoms with E-state index in [2.05, 4.69) is 6.92 Å². The topological polar surface area (TPSA) is 52.3 Å². The number of carbonyl (C=O) groups excluding carboxylic acids is 1. The Morgan fingerprint density at radius 3 is 2.62 bits per heavy atom. The van der Waals surface area contributed by atoms with Crippen LogP contribution in [-0.4, -0.2) is 19.1 Å². The van der Waals surface area contributed by atoms with E-state index >= 15 is 0 Å². The minimum Gasteiger partial charge on any atom is -0.466 e. The number of nitrogens with two attached hydrogens (primary N) is 1. The molecular weight excluding hydrogens is 166 g/mol. The lowest BCUT2D eigenvalue weighted by Crippen LogP contribution is -2.08. The van der Waals surface area contributed by atoms with Gasteiger partial charge in [0.2, 0.25) is 0 Å². The summed E-state index contributed by atoms with van der Waals surface area (Å²) in [6.45, 7) is 3.29. The standard InChI is InChI=1S/C10H21NO2/c1-2-3-4-5-9-13-10(12)7-6-8-11/h2-9,11H2,1H3. The Labute approximate surface area is 80.6 Å². The molecule has 0 fully saturated rings. The minimum atomic E-state index is -0.109. The first-order valence-electron chi connectivity index (χ1n) is 5.17. The van der Waals surface area contributed by atoms with Crippen molar-refractivity contribution in [2.75, 3.05) is 13.2 Å². The summed E-state index contributed by atoms with van der Waals surface area (Å²) in [7, 11) is 0. The zero-order valence-electron chi connectivity index (χ0n) is 8.55. The van der Waals surface area contributed by atoms with Crippen molar-refractivity contribution in [3.63, 3.8) is 0 Å². The fourth-order valence-electron chi connectivity index (χ4n) is 1.03. The Hall–Kier alpha value is -0.570. The third-order valence-electron chi connectivity index (χ3n) is 1.85. The van der Waals surface area contributed by atoms with Gasteiger partial charge in [-0.25, -0.2) is 0 Å². The Morgan fingerprint density at radius 2 is 2.00 bits per heavy atom. The molecule has 0 saturated carbocycles. The molecule has 0 aromatic carbocycles. The fraction of sp³-hybridized carbons (Fsp3) is 0.900. The highest BCUT2D eigenvalue weighted by Crippen LogP contribution is 2.00. The van der Waals surface area contributed by atoms with E-state index in [1.807, 2.05) is 0 Å². The molecule has 3 heteroatoms. The smallest absolute Gasteiger partial charge is 0.305 e. The van der Waals surface area contributed by atoms with Crippen molar-refractivity contribution in [2.45, 2.75) is 45.4 Å². The van der Waals surface area contributed by atoms with Crippen molar-refractivity contribution in [2.24, 2.45) is 5.73 Å². The molecule has 0 atom stereocenters. The van der Waals surface area contributed by atoms with E-state index in [-0.39, 0.29) is 5.97 Å². The van der Waals surface area contributed by atoms with Gasteiger partial charge in [-0.15, -0.1) is 0 Å². The van der Waals surface area contributed by atoms with Crippen molar-refractivity contribution in [3.8, 4) is 0 Å². The maximum Gasteiger partial charge on any atom is 0.305 e. The van der Waals surface area contributed by atoms with Crippen molar-refractivity contribution < 1.29 is 9.53 Å². The van der Waals surface area contributed by atoms with Crippen LogP contribution in [-0.2, 0) is 9.53 Å². The Kier molecular flexibility index (Phi) is 9.10. The van der Waals surface area contributed by atoms with E-state index in [1.54, 1.807) is 0 Å². The number of esters is 1. The van der Waals surface area contributed by atoms with E-state index in [4.69, 9.17) is 10.5 Å². The molecular formula is C10H21NO2. The summed E-state index contributed by atoms with van der Waals surface area (Å²) >= 11 is 0. The second-order valence-corrected chi connectivity index (χ2v) is 3.17. The maximum atomic E-state index is 11.0. The molecule has 0 aromatic rings. The lowest BCUT2D eigenvalue weighted by atomic mass is 10.2. The summed E-state index contributed by atoms with van der Waals surface area (Å²) < 4.78 is 5.00. The van der Waals surface area contributed by atoms with E-state index in [0.29, 0.717) is 19.6 Å². The molecule has 0 unspecified atom stereocenters. The number of hydrogen-bond donors (Lipinski definition) is 1. The fourth-order valence-corrected chi connectivity index (χ4v) is 1.03. The molecule has 0 aliphatic heterocycles. The van der Waals surface area contributed by atoms with Crippen molar-refractivity contribution in [3.05, 3.63) is 0 Å². The molecule has 0 heterocycles. The number of carbonyl (C=O) groups is 1. The maximum absolute atomic E-state index is 11.0. The molecule has 3 nitrogen and oxygen atoms in total. The van der Waals surface area contributed by atoms with Gasteiger partial charge in [-0.05, 0) is 19.4 Å². The highest BCUT2D eigenvalue weighted by atomic mass is 16.5. The first-order valence-corrected chi connectivity index (χ1v) is 5.17. The number of ether oxygens (including phenoxy) is 1. The normalized spacial score (nSPS) is 10.0. The first kappa shape index (κ1) is 12.4. The molecule has 0 aromatic heterocycles. The molecule has 0 aliphatic carbocycles. The molecule has 78 valence electrons. The summed E-state index contributed by atoms with van der Waals surface area (Å²) in [4.78, 5) is 11.0. The molecule has 0 spiro atoms. The van der Waals surface area contributed by atoms with Crippen LogP contribution in [0, 0.1) is 0 Å². The number of hydrogen-bond acceptors (Lipinski definition) is 3. The van der Waals surface area contributed by atoms with Crippen molar-refractivity contribution in [1.82, 2.24) is 0 Å². The molecule has 0 radical (unpaired) electrons. The molecule has 0 rings (SSSR count). The van der Waals surface area contributed by atoms with Gasteiger partial charge in [-0.3, -0.25) is 4.79 Å². The van der Waals surface area contributed by atoms with Gasteiger partial charge in [0.05, 0.1) is 6.61 Å². The van der Waals surface area contributed by atoms with Gasteiger partial charge in [0.1, 0.15) is 0 Å². The van der Waals surface area contributed by atoms with Crippen LogP contribution in [0.25, 0.3) is 0 Å². The van der Waals surface area contributed by atoms with E-state index in [0.717, 1.165) is 19.3 Å². The lowest BCUT2D eigenvalue weighted by Gasteiger charge is -2.03. The SMILES string of the molecule is CCCCCCOC(=O)CCCN.